The summed E-state index contributed by atoms with van der Waals surface area (Å²) in [7, 11) is -2.89. The molecular weight excluding hydrogens is 370 g/mol. The van der Waals surface area contributed by atoms with E-state index in [9.17, 15) is 8.42 Å². The average Bonchev–Trinajstić information content (AvgIpc) is 2.13. The molecule has 0 saturated heterocycles. The van der Waals surface area contributed by atoms with Gasteiger partial charge in [0.05, 0.1) is 0 Å². The molecule has 6 heteroatoms. The lowest BCUT2D eigenvalue weighted by Crippen LogP contribution is -2.12. The summed E-state index contributed by atoms with van der Waals surface area (Å²) < 4.78 is 23.9. The van der Waals surface area contributed by atoms with Crippen molar-refractivity contribution >= 4 is 41.7 Å². The van der Waals surface area contributed by atoms with Gasteiger partial charge in [0, 0.05) is 27.0 Å². The van der Waals surface area contributed by atoms with E-state index >= 15 is 0 Å². The van der Waals surface area contributed by atoms with Gasteiger partial charge in [-0.25, -0.2) is 8.42 Å². The molecule has 0 aliphatic rings. The highest BCUT2D eigenvalue weighted by molar-refractivity contribution is 9.11. The number of rotatable bonds is 5. The monoisotopic (exact) mass is 383 g/mol. The Morgan fingerprint density at radius 3 is 2.24 bits per heavy atom. The van der Waals surface area contributed by atoms with E-state index in [1.165, 1.54) is 6.26 Å². The minimum absolute atomic E-state index is 0.134. The van der Waals surface area contributed by atoms with Crippen LogP contribution in [0.15, 0.2) is 27.1 Å². The molecule has 0 spiro atoms. The average molecular weight is 385 g/mol. The SMILES string of the molecule is CS(=O)(=O)CCCC(N)c1cc(Br)cc(Br)c1. The Labute approximate surface area is 119 Å². The summed E-state index contributed by atoms with van der Waals surface area (Å²) in [5.74, 6) is 0.190. The number of benzene rings is 1. The predicted molar refractivity (Wildman–Crippen MR) is 77.7 cm³/mol. The van der Waals surface area contributed by atoms with Crippen LogP contribution in [0.4, 0.5) is 0 Å². The highest BCUT2D eigenvalue weighted by Crippen LogP contribution is 2.25. The second-order valence-electron chi connectivity index (χ2n) is 4.08. The highest BCUT2D eigenvalue weighted by Gasteiger charge is 2.09. The fourth-order valence-corrected chi connectivity index (χ4v) is 3.54. The zero-order chi connectivity index (χ0) is 13.1. The van der Waals surface area contributed by atoms with Crippen LogP contribution in [0.2, 0.25) is 0 Å². The standard InChI is InChI=1S/C11H15Br2NO2S/c1-17(15,16)4-2-3-11(14)8-5-9(12)7-10(13)6-8/h5-7,11H,2-4,14H2,1H3. The van der Waals surface area contributed by atoms with Gasteiger partial charge in [-0.15, -0.1) is 0 Å². The van der Waals surface area contributed by atoms with Gasteiger partial charge in [0.25, 0.3) is 0 Å². The molecule has 0 bridgehead atoms. The van der Waals surface area contributed by atoms with Crippen molar-refractivity contribution in [2.45, 2.75) is 18.9 Å². The van der Waals surface area contributed by atoms with E-state index in [0.717, 1.165) is 14.5 Å². The van der Waals surface area contributed by atoms with E-state index in [0.29, 0.717) is 12.8 Å². The third-order valence-electron chi connectivity index (χ3n) is 2.34. The second-order valence-corrected chi connectivity index (χ2v) is 8.17. The number of hydrogen-bond donors (Lipinski definition) is 1. The van der Waals surface area contributed by atoms with E-state index < -0.39 is 9.84 Å². The first-order valence-corrected chi connectivity index (χ1v) is 8.82. The van der Waals surface area contributed by atoms with Gasteiger partial charge in [0.2, 0.25) is 0 Å². The van der Waals surface area contributed by atoms with Crippen molar-refractivity contribution in [3.63, 3.8) is 0 Å². The molecule has 0 aliphatic heterocycles. The van der Waals surface area contributed by atoms with Crippen LogP contribution >= 0.6 is 31.9 Å². The molecule has 1 atom stereocenters. The van der Waals surface area contributed by atoms with E-state index in [2.05, 4.69) is 31.9 Å². The van der Waals surface area contributed by atoms with Gasteiger partial charge in [-0.2, -0.15) is 0 Å². The quantitative estimate of drug-likeness (QED) is 0.848. The molecule has 0 amide bonds. The zero-order valence-corrected chi connectivity index (χ0v) is 13.5. The third-order valence-corrected chi connectivity index (χ3v) is 4.29. The Hall–Kier alpha value is 0.0900. The van der Waals surface area contributed by atoms with Gasteiger partial charge in [0.15, 0.2) is 0 Å². The Morgan fingerprint density at radius 2 is 1.76 bits per heavy atom. The molecule has 0 aromatic heterocycles. The minimum Gasteiger partial charge on any atom is -0.324 e. The number of nitrogens with two attached hydrogens (primary N) is 1. The Balaban J connectivity index is 2.61. The molecule has 1 aromatic carbocycles. The van der Waals surface area contributed by atoms with Crippen molar-refractivity contribution in [2.24, 2.45) is 5.73 Å². The molecule has 0 fully saturated rings. The summed E-state index contributed by atoms with van der Waals surface area (Å²) in [5.41, 5.74) is 7.03. The van der Waals surface area contributed by atoms with E-state index in [-0.39, 0.29) is 11.8 Å². The van der Waals surface area contributed by atoms with Gasteiger partial charge in [-0.05, 0) is 36.6 Å². The maximum Gasteiger partial charge on any atom is 0.147 e. The first kappa shape index (κ1) is 15.1. The van der Waals surface area contributed by atoms with Crippen LogP contribution in [0.3, 0.4) is 0 Å². The lowest BCUT2D eigenvalue weighted by Gasteiger charge is -2.12. The summed E-state index contributed by atoms with van der Waals surface area (Å²) in [6, 6.07) is 5.71. The molecule has 1 rings (SSSR count). The minimum atomic E-state index is -2.89. The largest absolute Gasteiger partial charge is 0.324 e. The van der Waals surface area contributed by atoms with Crippen molar-refractivity contribution in [1.82, 2.24) is 0 Å². The molecule has 1 aromatic rings. The van der Waals surface area contributed by atoms with Crippen LogP contribution in [0.25, 0.3) is 0 Å². The fraction of sp³-hybridized carbons (Fsp3) is 0.455. The molecule has 3 nitrogen and oxygen atoms in total. The molecule has 0 heterocycles. The van der Waals surface area contributed by atoms with Gasteiger partial charge >= 0.3 is 0 Å². The van der Waals surface area contributed by atoms with Crippen molar-refractivity contribution in [1.29, 1.82) is 0 Å². The fourth-order valence-electron chi connectivity index (χ4n) is 1.52. The molecular formula is C11H15Br2NO2S. The smallest absolute Gasteiger partial charge is 0.147 e. The van der Waals surface area contributed by atoms with Crippen molar-refractivity contribution < 1.29 is 8.42 Å². The Kier molecular flexibility index (Phi) is 5.63. The van der Waals surface area contributed by atoms with Gasteiger partial charge in [-0.1, -0.05) is 31.9 Å². The molecule has 0 radical (unpaired) electrons. The normalized spacial score (nSPS) is 13.6. The number of sulfone groups is 1. The Bertz CT molecular complexity index is 468. The van der Waals surface area contributed by atoms with Crippen LogP contribution in [0.1, 0.15) is 24.4 Å². The molecule has 96 valence electrons. The van der Waals surface area contributed by atoms with Gasteiger partial charge in [0.1, 0.15) is 9.84 Å². The number of halogens is 2. The van der Waals surface area contributed by atoms with Gasteiger partial charge in [-0.3, -0.25) is 0 Å². The zero-order valence-electron chi connectivity index (χ0n) is 9.49. The number of hydrogen-bond acceptors (Lipinski definition) is 3. The summed E-state index contributed by atoms with van der Waals surface area (Å²) >= 11 is 6.80. The van der Waals surface area contributed by atoms with Crippen LogP contribution in [-0.2, 0) is 9.84 Å². The Morgan fingerprint density at radius 1 is 1.24 bits per heavy atom. The summed E-state index contributed by atoms with van der Waals surface area (Å²) in [4.78, 5) is 0. The van der Waals surface area contributed by atoms with Crippen molar-refractivity contribution in [2.75, 3.05) is 12.0 Å². The highest BCUT2D eigenvalue weighted by atomic mass is 79.9. The summed E-state index contributed by atoms with van der Waals surface area (Å²) in [6.45, 7) is 0. The van der Waals surface area contributed by atoms with Crippen LogP contribution in [0, 0.1) is 0 Å². The first-order valence-electron chi connectivity index (χ1n) is 5.17. The van der Waals surface area contributed by atoms with E-state index in [1.807, 2.05) is 18.2 Å². The van der Waals surface area contributed by atoms with Crippen LogP contribution in [-0.4, -0.2) is 20.4 Å². The molecule has 0 aliphatic carbocycles. The summed E-state index contributed by atoms with van der Waals surface area (Å²) in [5, 5.41) is 0. The van der Waals surface area contributed by atoms with Crippen LogP contribution in [0.5, 0.6) is 0 Å². The molecule has 17 heavy (non-hydrogen) atoms. The van der Waals surface area contributed by atoms with Crippen molar-refractivity contribution in [3.05, 3.63) is 32.7 Å². The van der Waals surface area contributed by atoms with Gasteiger partial charge < -0.3 is 5.73 Å². The van der Waals surface area contributed by atoms with E-state index in [4.69, 9.17) is 5.73 Å². The summed E-state index contributed by atoms with van der Waals surface area (Å²) in [6.07, 6.45) is 2.49. The van der Waals surface area contributed by atoms with E-state index in [1.54, 1.807) is 0 Å². The first-order chi connectivity index (χ1) is 7.78. The molecule has 1 unspecified atom stereocenters. The maximum absolute atomic E-state index is 11.0. The molecule has 2 N–H and O–H groups in total. The molecule has 0 saturated carbocycles. The lowest BCUT2D eigenvalue weighted by atomic mass is 10.0. The maximum atomic E-state index is 11.0. The third kappa shape index (κ3) is 5.99. The van der Waals surface area contributed by atoms with Crippen LogP contribution < -0.4 is 5.73 Å². The topological polar surface area (TPSA) is 60.2 Å². The predicted octanol–water partition coefficient (Wildman–Crippen LogP) is 3.04. The lowest BCUT2D eigenvalue weighted by molar-refractivity contribution is 0.588. The second kappa shape index (κ2) is 6.31. The van der Waals surface area contributed by atoms with Crippen molar-refractivity contribution in [3.8, 4) is 0 Å².